The van der Waals surface area contributed by atoms with E-state index in [1.54, 1.807) is 6.20 Å². The van der Waals surface area contributed by atoms with Gasteiger partial charge in [-0.2, -0.15) is 0 Å². The third-order valence-corrected chi connectivity index (χ3v) is 12.4. The summed E-state index contributed by atoms with van der Waals surface area (Å²) in [5.41, 5.74) is 25.6. The molecule has 0 spiro atoms. The van der Waals surface area contributed by atoms with Gasteiger partial charge >= 0.3 is 0 Å². The maximum atomic E-state index is 6.74. The van der Waals surface area contributed by atoms with Gasteiger partial charge in [0.15, 0.2) is 18.0 Å². The van der Waals surface area contributed by atoms with Crippen molar-refractivity contribution in [2.75, 3.05) is 11.5 Å². The fourth-order valence-electron chi connectivity index (χ4n) is 9.36. The summed E-state index contributed by atoms with van der Waals surface area (Å²) < 4.78 is 5.53. The van der Waals surface area contributed by atoms with E-state index in [1.807, 2.05) is 6.20 Å². The summed E-state index contributed by atoms with van der Waals surface area (Å²) in [5.74, 6) is 1.74. The van der Waals surface area contributed by atoms with Crippen LogP contribution in [0.1, 0.15) is 58.2 Å². The number of oxazole rings is 1. The molecule has 4 aromatic carbocycles. The molecule has 10 rings (SSSR count). The maximum Gasteiger partial charge on any atom is 0.181 e. The van der Waals surface area contributed by atoms with Crippen LogP contribution in [0, 0.1) is 19.3 Å². The van der Waals surface area contributed by atoms with Crippen LogP contribution in [0.15, 0.2) is 119 Å². The van der Waals surface area contributed by atoms with Crippen LogP contribution in [0.2, 0.25) is 0 Å². The van der Waals surface area contributed by atoms with Crippen molar-refractivity contribution >= 4 is 56.2 Å². The first-order chi connectivity index (χ1) is 26.8. The molecule has 0 saturated heterocycles. The highest BCUT2D eigenvalue weighted by Gasteiger charge is 2.62. The van der Waals surface area contributed by atoms with Gasteiger partial charge in [0.2, 0.25) is 0 Å². The lowest BCUT2D eigenvalue weighted by molar-refractivity contribution is 0.0907. The monoisotopic (exact) mass is 719 g/mol. The molecule has 2 aliphatic rings. The smallest absolute Gasteiger partial charge is 0.181 e. The highest BCUT2D eigenvalue weighted by atomic mass is 16.3. The van der Waals surface area contributed by atoms with Gasteiger partial charge in [-0.3, -0.25) is 9.98 Å². The molecule has 2 unspecified atom stereocenters. The lowest BCUT2D eigenvalue weighted by atomic mass is 9.42. The Morgan fingerprint density at radius 3 is 2.09 bits per heavy atom. The van der Waals surface area contributed by atoms with Crippen LogP contribution in [0.3, 0.4) is 0 Å². The summed E-state index contributed by atoms with van der Waals surface area (Å²) in [6, 6.07) is 33.1. The van der Waals surface area contributed by atoms with Crippen molar-refractivity contribution in [1.82, 2.24) is 19.9 Å². The Bertz CT molecular complexity index is 2810. The minimum absolute atomic E-state index is 0.175. The Hall–Kier alpha value is -6.41. The van der Waals surface area contributed by atoms with E-state index in [9.17, 15) is 0 Å². The number of aromatic nitrogens is 4. The summed E-state index contributed by atoms with van der Waals surface area (Å²) in [5, 5.41) is 3.27. The zero-order valence-electron chi connectivity index (χ0n) is 31.0. The Balaban J connectivity index is 0.991. The molecule has 0 radical (unpaired) electrons. The van der Waals surface area contributed by atoms with Crippen LogP contribution in [0.5, 0.6) is 0 Å². The highest BCUT2D eigenvalue weighted by Crippen LogP contribution is 2.67. The molecule has 1 saturated carbocycles. The minimum Gasteiger partial charge on any atom is -0.444 e. The third kappa shape index (κ3) is 5.30. The topological polar surface area (TPSA) is 129 Å². The van der Waals surface area contributed by atoms with Gasteiger partial charge in [-0.1, -0.05) is 72.8 Å². The Morgan fingerprint density at radius 2 is 1.36 bits per heavy atom. The largest absolute Gasteiger partial charge is 0.444 e. The zero-order valence-corrected chi connectivity index (χ0v) is 31.0. The summed E-state index contributed by atoms with van der Waals surface area (Å²) in [6.45, 7) is 4.18. The van der Waals surface area contributed by atoms with Crippen molar-refractivity contribution in [3.8, 4) is 11.3 Å². The SMILES string of the molecule is Cc1ccc2c3c(c(N)nc2c1)N=CC1(CCc2ccc(-c4cnco4)cc2)CCC31c1ccc(CCc2cnc3c(N)nc4cc(C)ccc4c3c2)cc1. The number of aryl methyl sites for hydroxylation is 5. The van der Waals surface area contributed by atoms with E-state index in [2.05, 4.69) is 121 Å². The summed E-state index contributed by atoms with van der Waals surface area (Å²) in [4.78, 5) is 23.5. The molecule has 5 heterocycles. The van der Waals surface area contributed by atoms with Crippen molar-refractivity contribution in [3.63, 3.8) is 0 Å². The average molecular weight is 720 g/mol. The number of nitrogens with two attached hydrogens (primary N) is 2. The van der Waals surface area contributed by atoms with Crippen molar-refractivity contribution in [3.05, 3.63) is 149 Å². The second kappa shape index (κ2) is 12.6. The predicted molar refractivity (Wildman–Crippen MR) is 222 cm³/mol. The predicted octanol–water partition coefficient (Wildman–Crippen LogP) is 9.97. The number of fused-ring (bicyclic) bond motifs is 8. The number of rotatable bonds is 8. The molecule has 8 heteroatoms. The molecule has 55 heavy (non-hydrogen) atoms. The summed E-state index contributed by atoms with van der Waals surface area (Å²) in [6.07, 6.45) is 13.1. The molecule has 1 fully saturated rings. The fraction of sp³-hybridized carbons (Fsp3) is 0.213. The number of hydrogen-bond donors (Lipinski definition) is 2. The van der Waals surface area contributed by atoms with Crippen molar-refractivity contribution < 1.29 is 4.42 Å². The van der Waals surface area contributed by atoms with Crippen LogP contribution in [0.25, 0.3) is 44.0 Å². The van der Waals surface area contributed by atoms with E-state index in [0.29, 0.717) is 11.6 Å². The van der Waals surface area contributed by atoms with Gasteiger partial charge in [-0.05, 0) is 104 Å². The number of aliphatic imine (C=N–C) groups is 1. The van der Waals surface area contributed by atoms with E-state index in [1.165, 1.54) is 34.2 Å². The first kappa shape index (κ1) is 33.2. The Morgan fingerprint density at radius 1 is 0.673 bits per heavy atom. The molecule has 2 atom stereocenters. The first-order valence-corrected chi connectivity index (χ1v) is 19.1. The van der Waals surface area contributed by atoms with E-state index >= 15 is 0 Å². The number of nitrogen functional groups attached to an aromatic ring is 2. The van der Waals surface area contributed by atoms with Crippen LogP contribution in [0.4, 0.5) is 17.3 Å². The minimum atomic E-state index is -0.289. The van der Waals surface area contributed by atoms with Crippen LogP contribution in [-0.4, -0.2) is 26.2 Å². The van der Waals surface area contributed by atoms with Crippen LogP contribution in [-0.2, 0) is 24.7 Å². The van der Waals surface area contributed by atoms with Gasteiger partial charge in [-0.25, -0.2) is 15.0 Å². The molecular weight excluding hydrogens is 679 g/mol. The lowest BCUT2D eigenvalue weighted by Gasteiger charge is -2.61. The molecule has 4 aromatic heterocycles. The standard InChI is InChI=1S/C47H41N7O/c1-28-3-15-35-37-23-32(24-51-42(37)44(48)53-38(35)21-28)6-5-30-9-13-34(14-10-30)47-20-19-46(47,18-17-31-7-11-33(12-8-31)40-25-50-27-55-40)26-52-43-41(47)36-16-4-29(2)22-39(36)54-45(43)49/h3-4,7-16,21-27H,5-6,17-20H2,1-2H3,(H2,48,53)(H2,49,54). The molecule has 0 bridgehead atoms. The summed E-state index contributed by atoms with van der Waals surface area (Å²) >= 11 is 0. The van der Waals surface area contributed by atoms with Gasteiger partial charge < -0.3 is 15.9 Å². The van der Waals surface area contributed by atoms with Gasteiger partial charge in [-0.15, -0.1) is 0 Å². The van der Waals surface area contributed by atoms with Gasteiger partial charge in [0.05, 0.1) is 17.2 Å². The summed E-state index contributed by atoms with van der Waals surface area (Å²) in [7, 11) is 0. The van der Waals surface area contributed by atoms with E-state index in [0.717, 1.165) is 99.4 Å². The molecule has 1 aliphatic heterocycles. The Labute approximate surface area is 319 Å². The molecule has 8 nitrogen and oxygen atoms in total. The van der Waals surface area contributed by atoms with E-state index < -0.39 is 0 Å². The second-order valence-electron chi connectivity index (χ2n) is 15.6. The molecule has 0 amide bonds. The van der Waals surface area contributed by atoms with Crippen LogP contribution < -0.4 is 11.5 Å². The molecule has 4 N–H and O–H groups in total. The molecule has 8 aromatic rings. The van der Waals surface area contributed by atoms with Gasteiger partial charge in [0, 0.05) is 50.5 Å². The first-order valence-electron chi connectivity index (χ1n) is 19.1. The van der Waals surface area contributed by atoms with Crippen molar-refractivity contribution in [2.45, 2.75) is 57.8 Å². The average Bonchev–Trinajstić information content (AvgIpc) is 3.73. The van der Waals surface area contributed by atoms with E-state index in [4.69, 9.17) is 30.8 Å². The maximum absolute atomic E-state index is 6.74. The Kier molecular flexibility index (Phi) is 7.59. The van der Waals surface area contributed by atoms with Crippen LogP contribution >= 0.6 is 0 Å². The zero-order chi connectivity index (χ0) is 37.3. The molecule has 1 aliphatic carbocycles. The molecule has 270 valence electrons. The number of hydrogen-bond acceptors (Lipinski definition) is 8. The van der Waals surface area contributed by atoms with Crippen molar-refractivity contribution in [2.24, 2.45) is 10.4 Å². The molecular formula is C47H41N7O. The lowest BCUT2D eigenvalue weighted by Crippen LogP contribution is -2.58. The van der Waals surface area contributed by atoms with Crippen molar-refractivity contribution in [1.29, 1.82) is 0 Å². The second-order valence-corrected chi connectivity index (χ2v) is 15.6. The van der Waals surface area contributed by atoms with Gasteiger partial charge in [0.25, 0.3) is 0 Å². The third-order valence-electron chi connectivity index (χ3n) is 12.4. The van der Waals surface area contributed by atoms with E-state index in [-0.39, 0.29) is 10.8 Å². The normalized spacial score (nSPS) is 18.7. The number of anilines is 2. The van der Waals surface area contributed by atoms with Gasteiger partial charge in [0.1, 0.15) is 17.0 Å². The highest BCUT2D eigenvalue weighted by molar-refractivity contribution is 6.08. The number of pyridine rings is 3. The fourth-order valence-corrected chi connectivity index (χ4v) is 9.36. The number of nitrogens with zero attached hydrogens (tertiary/aromatic N) is 5. The number of benzene rings is 4. The quantitative estimate of drug-likeness (QED) is 0.150.